The van der Waals surface area contributed by atoms with Crippen molar-refractivity contribution in [3.63, 3.8) is 0 Å². The van der Waals surface area contributed by atoms with Crippen molar-refractivity contribution in [1.82, 2.24) is 9.47 Å². The number of ether oxygens (including phenoxy) is 1. The number of nitro groups is 1. The maximum absolute atomic E-state index is 12.5. The summed E-state index contributed by atoms with van der Waals surface area (Å²) in [6.45, 7) is 2.62. The van der Waals surface area contributed by atoms with Crippen LogP contribution >= 0.6 is 11.3 Å². The monoisotopic (exact) mass is 512 g/mol. The van der Waals surface area contributed by atoms with E-state index in [2.05, 4.69) is 9.73 Å². The first-order valence-corrected chi connectivity index (χ1v) is 13.0. The number of hydrogen-bond donors (Lipinski definition) is 0. The van der Waals surface area contributed by atoms with Crippen LogP contribution in [0.4, 0.5) is 5.69 Å². The molecule has 3 rings (SSSR count). The molecule has 2 aromatic rings. The summed E-state index contributed by atoms with van der Waals surface area (Å²) in [5.74, 6) is -3.70. The van der Waals surface area contributed by atoms with Crippen LogP contribution in [0.25, 0.3) is 10.2 Å². The van der Waals surface area contributed by atoms with E-state index < -0.39 is 44.0 Å². The van der Waals surface area contributed by atoms with Gasteiger partial charge < -0.3 is 14.2 Å². The van der Waals surface area contributed by atoms with Crippen LogP contribution in [0.2, 0.25) is 0 Å². The minimum absolute atomic E-state index is 0.0164. The predicted octanol–water partition coefficient (Wildman–Crippen LogP) is 0.885. The quantitative estimate of drug-likeness (QED) is 0.300. The Morgan fingerprint density at radius 2 is 2.03 bits per heavy atom. The highest BCUT2D eigenvalue weighted by atomic mass is 32.2. The molecule has 14 heteroatoms. The van der Waals surface area contributed by atoms with E-state index in [9.17, 15) is 32.9 Å². The number of carbonyl (C=O) groups excluding carboxylic acids is 3. The van der Waals surface area contributed by atoms with Gasteiger partial charge in [0.25, 0.3) is 11.6 Å². The smallest absolute Gasteiger partial charge is 0.325 e. The average Bonchev–Trinajstić information content (AvgIpc) is 3.08. The molecule has 0 spiro atoms. The third-order valence-electron chi connectivity index (χ3n) is 5.31. The van der Waals surface area contributed by atoms with Crippen molar-refractivity contribution in [1.29, 1.82) is 0 Å². The summed E-state index contributed by atoms with van der Waals surface area (Å²) >= 11 is 0.892. The Morgan fingerprint density at radius 1 is 1.29 bits per heavy atom. The standard InChI is InChI=1S/C20H24N4O8S2/c1-13-4-3-7-22(9-13)18(26)12-34(30,31)11-17(25)21-20-23(10-19(27)32-2)15-6-5-14(24(28)29)8-16(15)33-20/h5-6,8,13H,3-4,7,9-12H2,1-2H3. The predicted molar refractivity (Wildman–Crippen MR) is 123 cm³/mol. The summed E-state index contributed by atoms with van der Waals surface area (Å²) in [6, 6.07) is 3.92. The molecule has 1 saturated heterocycles. The van der Waals surface area contributed by atoms with Gasteiger partial charge in [0.2, 0.25) is 5.91 Å². The van der Waals surface area contributed by atoms with Gasteiger partial charge >= 0.3 is 5.97 Å². The van der Waals surface area contributed by atoms with E-state index in [0.717, 1.165) is 24.2 Å². The summed E-state index contributed by atoms with van der Waals surface area (Å²) in [6.07, 6.45) is 1.77. The van der Waals surface area contributed by atoms with Crippen molar-refractivity contribution in [2.75, 3.05) is 31.7 Å². The molecule has 2 amide bonds. The van der Waals surface area contributed by atoms with Crippen LogP contribution in [0.5, 0.6) is 0 Å². The lowest BCUT2D eigenvalue weighted by atomic mass is 10.0. The number of likely N-dealkylation sites (tertiary alicyclic amines) is 1. The molecule has 1 fully saturated rings. The van der Waals surface area contributed by atoms with Crippen LogP contribution in [0.15, 0.2) is 23.2 Å². The molecule has 34 heavy (non-hydrogen) atoms. The van der Waals surface area contributed by atoms with E-state index in [1.54, 1.807) is 0 Å². The topological polar surface area (TPSA) is 158 Å². The Balaban J connectivity index is 1.86. The fraction of sp³-hybridized carbons (Fsp3) is 0.500. The molecule has 0 N–H and O–H groups in total. The first-order chi connectivity index (χ1) is 16.0. The van der Waals surface area contributed by atoms with Gasteiger partial charge in [-0.25, -0.2) is 8.42 Å². The van der Waals surface area contributed by atoms with Crippen LogP contribution in [-0.4, -0.2) is 72.3 Å². The van der Waals surface area contributed by atoms with Gasteiger partial charge in [-0.15, -0.1) is 0 Å². The third-order valence-corrected chi connectivity index (χ3v) is 7.72. The number of esters is 1. The Bertz CT molecular complexity index is 1310. The minimum Gasteiger partial charge on any atom is -0.468 e. The van der Waals surface area contributed by atoms with Gasteiger partial charge in [-0.1, -0.05) is 18.3 Å². The molecule has 1 aliphatic rings. The van der Waals surface area contributed by atoms with Crippen LogP contribution < -0.4 is 4.80 Å². The van der Waals surface area contributed by atoms with Crippen molar-refractivity contribution < 1.29 is 32.5 Å². The number of nitrogens with zero attached hydrogens (tertiary/aromatic N) is 4. The SMILES string of the molecule is COC(=O)Cn1c(=NC(=O)CS(=O)(=O)CC(=O)N2CCCC(C)C2)sc2cc([N+](=O)[O-])ccc21. The fourth-order valence-corrected chi connectivity index (χ4v) is 5.86. The van der Waals surface area contributed by atoms with E-state index in [-0.39, 0.29) is 23.0 Å². The Morgan fingerprint density at radius 3 is 2.68 bits per heavy atom. The fourth-order valence-electron chi connectivity index (χ4n) is 3.68. The Hall–Kier alpha value is -3.13. The number of amides is 2. The minimum atomic E-state index is -4.08. The lowest BCUT2D eigenvalue weighted by Gasteiger charge is -2.30. The van der Waals surface area contributed by atoms with Crippen molar-refractivity contribution in [2.24, 2.45) is 10.9 Å². The van der Waals surface area contributed by atoms with Crippen molar-refractivity contribution in [3.8, 4) is 0 Å². The molecular formula is C20H24N4O8S2. The van der Waals surface area contributed by atoms with Crippen molar-refractivity contribution >= 4 is 54.9 Å². The van der Waals surface area contributed by atoms with Crippen LogP contribution in [0.1, 0.15) is 19.8 Å². The second-order valence-electron chi connectivity index (χ2n) is 8.08. The van der Waals surface area contributed by atoms with E-state index >= 15 is 0 Å². The molecule has 2 heterocycles. The summed E-state index contributed by atoms with van der Waals surface area (Å²) in [5, 5.41) is 11.1. The van der Waals surface area contributed by atoms with Crippen molar-refractivity contribution in [3.05, 3.63) is 33.1 Å². The number of hydrogen-bond acceptors (Lipinski definition) is 9. The number of fused-ring (bicyclic) bond motifs is 1. The number of sulfone groups is 1. The zero-order chi connectivity index (χ0) is 25.0. The maximum atomic E-state index is 12.5. The number of thiazole rings is 1. The average molecular weight is 513 g/mol. The molecule has 0 aliphatic carbocycles. The molecule has 1 aliphatic heterocycles. The van der Waals surface area contributed by atoms with E-state index in [1.807, 2.05) is 6.92 Å². The van der Waals surface area contributed by atoms with Gasteiger partial charge in [0.05, 0.1) is 22.2 Å². The van der Waals surface area contributed by atoms with Gasteiger partial charge in [0.15, 0.2) is 14.6 Å². The normalized spacial score (nSPS) is 17.1. The van der Waals surface area contributed by atoms with Crippen molar-refractivity contribution in [2.45, 2.75) is 26.3 Å². The number of aromatic nitrogens is 1. The van der Waals surface area contributed by atoms with Crippen LogP contribution in [0, 0.1) is 16.0 Å². The first kappa shape index (κ1) is 25.5. The molecule has 1 aromatic carbocycles. The number of nitro benzene ring substituents is 1. The molecular weight excluding hydrogens is 488 g/mol. The Labute approximate surface area is 198 Å². The molecule has 0 saturated carbocycles. The van der Waals surface area contributed by atoms with Crippen LogP contribution in [-0.2, 0) is 35.5 Å². The van der Waals surface area contributed by atoms with Gasteiger partial charge in [-0.2, -0.15) is 4.99 Å². The van der Waals surface area contributed by atoms with E-state index in [0.29, 0.717) is 23.3 Å². The zero-order valence-corrected chi connectivity index (χ0v) is 20.3. The van der Waals surface area contributed by atoms with Crippen LogP contribution in [0.3, 0.4) is 0 Å². The van der Waals surface area contributed by atoms with Gasteiger partial charge in [-0.05, 0) is 24.8 Å². The van der Waals surface area contributed by atoms with Gasteiger partial charge in [-0.3, -0.25) is 24.5 Å². The second-order valence-corrected chi connectivity index (χ2v) is 11.2. The summed E-state index contributed by atoms with van der Waals surface area (Å²) < 4.78 is 31.3. The lowest BCUT2D eigenvalue weighted by molar-refractivity contribution is -0.384. The highest BCUT2D eigenvalue weighted by molar-refractivity contribution is 7.92. The summed E-state index contributed by atoms with van der Waals surface area (Å²) in [7, 11) is -2.90. The van der Waals surface area contributed by atoms with Gasteiger partial charge in [0.1, 0.15) is 18.1 Å². The molecule has 1 unspecified atom stereocenters. The second kappa shape index (κ2) is 10.4. The molecule has 1 aromatic heterocycles. The highest BCUT2D eigenvalue weighted by Gasteiger charge is 2.27. The van der Waals surface area contributed by atoms with E-state index in [1.165, 1.54) is 34.8 Å². The molecule has 0 bridgehead atoms. The summed E-state index contributed by atoms with van der Waals surface area (Å²) in [5.41, 5.74) is 0.203. The zero-order valence-electron chi connectivity index (χ0n) is 18.6. The largest absolute Gasteiger partial charge is 0.468 e. The third kappa shape index (κ3) is 6.26. The molecule has 184 valence electrons. The maximum Gasteiger partial charge on any atom is 0.325 e. The molecule has 1 atom stereocenters. The first-order valence-electron chi connectivity index (χ1n) is 10.4. The summed E-state index contributed by atoms with van der Waals surface area (Å²) in [4.78, 5) is 52.6. The number of rotatable bonds is 7. The Kier molecular flexibility index (Phi) is 7.82. The number of benzene rings is 1. The number of piperidine rings is 1. The lowest BCUT2D eigenvalue weighted by Crippen LogP contribution is -2.42. The van der Waals surface area contributed by atoms with E-state index in [4.69, 9.17) is 0 Å². The number of carbonyl (C=O) groups is 3. The van der Waals surface area contributed by atoms with Gasteiger partial charge in [0, 0.05) is 25.2 Å². The highest BCUT2D eigenvalue weighted by Crippen LogP contribution is 2.23. The molecule has 12 nitrogen and oxygen atoms in total. The number of methoxy groups -OCH3 is 1. The molecule has 0 radical (unpaired) electrons. The number of non-ortho nitro benzene ring substituents is 1.